The Morgan fingerprint density at radius 3 is 2.50 bits per heavy atom. The first kappa shape index (κ1) is 13.2. The standard InChI is InChI=1S/C13H15F4N/c1-2-12(8-3-4-8)18-9-5-6-11(14)10(7-9)13(15,16)17/h5-8,12,18H,2-4H2,1H3. The summed E-state index contributed by atoms with van der Waals surface area (Å²) in [5.41, 5.74) is -0.874. The molecule has 2 rings (SSSR count). The van der Waals surface area contributed by atoms with Gasteiger partial charge < -0.3 is 5.32 Å². The van der Waals surface area contributed by atoms with Crippen molar-refractivity contribution in [3.8, 4) is 0 Å². The van der Waals surface area contributed by atoms with Crippen molar-refractivity contribution < 1.29 is 17.6 Å². The van der Waals surface area contributed by atoms with Gasteiger partial charge in [-0.25, -0.2) is 4.39 Å². The molecule has 5 heteroatoms. The zero-order valence-electron chi connectivity index (χ0n) is 10.0. The largest absolute Gasteiger partial charge is 0.419 e. The maximum atomic E-state index is 13.1. The maximum Gasteiger partial charge on any atom is 0.419 e. The van der Waals surface area contributed by atoms with Gasteiger partial charge in [-0.1, -0.05) is 6.92 Å². The third-order valence-corrected chi connectivity index (χ3v) is 3.25. The number of nitrogens with one attached hydrogen (secondary N) is 1. The lowest BCUT2D eigenvalue weighted by molar-refractivity contribution is -0.139. The molecule has 1 unspecified atom stereocenters. The SMILES string of the molecule is CCC(Nc1ccc(F)c(C(F)(F)F)c1)C1CC1. The van der Waals surface area contributed by atoms with Gasteiger partial charge in [0.15, 0.2) is 0 Å². The number of rotatable bonds is 4. The van der Waals surface area contributed by atoms with Gasteiger partial charge in [0.1, 0.15) is 5.82 Å². The number of hydrogen-bond acceptors (Lipinski definition) is 1. The van der Waals surface area contributed by atoms with E-state index in [2.05, 4.69) is 5.32 Å². The van der Waals surface area contributed by atoms with Gasteiger partial charge in [-0.3, -0.25) is 0 Å². The molecule has 1 N–H and O–H groups in total. The van der Waals surface area contributed by atoms with Crippen molar-refractivity contribution in [1.29, 1.82) is 0 Å². The molecule has 18 heavy (non-hydrogen) atoms. The Hall–Kier alpha value is -1.26. The summed E-state index contributed by atoms with van der Waals surface area (Å²) in [5, 5.41) is 3.06. The molecule has 1 aromatic rings. The molecule has 0 aliphatic heterocycles. The van der Waals surface area contributed by atoms with E-state index in [-0.39, 0.29) is 6.04 Å². The molecule has 0 heterocycles. The summed E-state index contributed by atoms with van der Waals surface area (Å²) in [7, 11) is 0. The zero-order valence-corrected chi connectivity index (χ0v) is 10.0. The van der Waals surface area contributed by atoms with E-state index < -0.39 is 17.6 Å². The van der Waals surface area contributed by atoms with Crippen molar-refractivity contribution in [3.05, 3.63) is 29.6 Å². The summed E-state index contributed by atoms with van der Waals surface area (Å²) < 4.78 is 50.8. The molecule has 0 spiro atoms. The van der Waals surface area contributed by atoms with Gasteiger partial charge in [-0.2, -0.15) is 13.2 Å². The summed E-state index contributed by atoms with van der Waals surface area (Å²) in [6.45, 7) is 1.99. The van der Waals surface area contributed by atoms with Crippen LogP contribution in [-0.2, 0) is 6.18 Å². The van der Waals surface area contributed by atoms with Gasteiger partial charge in [0.05, 0.1) is 5.56 Å². The molecule has 1 nitrogen and oxygen atoms in total. The second-order valence-corrected chi connectivity index (χ2v) is 4.69. The predicted molar refractivity (Wildman–Crippen MR) is 61.8 cm³/mol. The first-order chi connectivity index (χ1) is 8.41. The lowest BCUT2D eigenvalue weighted by Gasteiger charge is -2.19. The summed E-state index contributed by atoms with van der Waals surface area (Å²) in [6, 6.07) is 3.25. The van der Waals surface area contributed by atoms with Crippen molar-refractivity contribution in [2.75, 3.05) is 5.32 Å². The molecule has 100 valence electrons. The fourth-order valence-corrected chi connectivity index (χ4v) is 2.10. The molecule has 0 aromatic heterocycles. The first-order valence-electron chi connectivity index (χ1n) is 6.05. The Balaban J connectivity index is 2.18. The third kappa shape index (κ3) is 2.94. The number of halogens is 4. The number of hydrogen-bond donors (Lipinski definition) is 1. The normalized spacial score (nSPS) is 17.6. The number of anilines is 1. The van der Waals surface area contributed by atoms with Gasteiger partial charge in [-0.15, -0.1) is 0 Å². The van der Waals surface area contributed by atoms with E-state index in [1.807, 2.05) is 6.92 Å². The fourth-order valence-electron chi connectivity index (χ4n) is 2.10. The van der Waals surface area contributed by atoms with Gasteiger partial charge in [-0.05, 0) is 43.4 Å². The van der Waals surface area contributed by atoms with Crippen LogP contribution in [0, 0.1) is 11.7 Å². The minimum absolute atomic E-state index is 0.177. The minimum atomic E-state index is -4.65. The lowest BCUT2D eigenvalue weighted by Crippen LogP contribution is -2.21. The highest BCUT2D eigenvalue weighted by Gasteiger charge is 2.35. The second kappa shape index (κ2) is 4.78. The molecule has 1 aromatic carbocycles. The van der Waals surface area contributed by atoms with Crippen LogP contribution in [0.1, 0.15) is 31.7 Å². The summed E-state index contributed by atoms with van der Waals surface area (Å²) in [5.74, 6) is -0.693. The van der Waals surface area contributed by atoms with E-state index in [4.69, 9.17) is 0 Å². The Kier molecular flexibility index (Phi) is 3.50. The third-order valence-electron chi connectivity index (χ3n) is 3.25. The van der Waals surface area contributed by atoms with E-state index in [1.54, 1.807) is 0 Å². The summed E-state index contributed by atoms with van der Waals surface area (Å²) in [4.78, 5) is 0. The molecule has 1 fully saturated rings. The Labute approximate surface area is 103 Å². The van der Waals surface area contributed by atoms with Crippen LogP contribution in [0.5, 0.6) is 0 Å². The molecular formula is C13H15F4N. The molecular weight excluding hydrogens is 246 g/mol. The van der Waals surface area contributed by atoms with Gasteiger partial charge in [0, 0.05) is 11.7 Å². The highest BCUT2D eigenvalue weighted by atomic mass is 19.4. The Bertz CT molecular complexity index is 423. The van der Waals surface area contributed by atoms with Crippen molar-refractivity contribution in [1.82, 2.24) is 0 Å². The minimum Gasteiger partial charge on any atom is -0.382 e. The van der Waals surface area contributed by atoms with E-state index in [9.17, 15) is 17.6 Å². The van der Waals surface area contributed by atoms with Crippen LogP contribution >= 0.6 is 0 Å². The zero-order chi connectivity index (χ0) is 13.3. The van der Waals surface area contributed by atoms with E-state index in [0.29, 0.717) is 11.6 Å². The van der Waals surface area contributed by atoms with E-state index in [0.717, 1.165) is 31.4 Å². The smallest absolute Gasteiger partial charge is 0.382 e. The van der Waals surface area contributed by atoms with Crippen LogP contribution in [-0.4, -0.2) is 6.04 Å². The summed E-state index contributed by atoms with van der Waals surface area (Å²) >= 11 is 0. The second-order valence-electron chi connectivity index (χ2n) is 4.69. The molecule has 1 aliphatic carbocycles. The molecule has 0 amide bonds. The monoisotopic (exact) mass is 261 g/mol. The quantitative estimate of drug-likeness (QED) is 0.790. The maximum absolute atomic E-state index is 13.1. The van der Waals surface area contributed by atoms with Crippen LogP contribution in [0.4, 0.5) is 23.2 Å². The number of alkyl halides is 3. The average molecular weight is 261 g/mol. The van der Waals surface area contributed by atoms with E-state index >= 15 is 0 Å². The van der Waals surface area contributed by atoms with E-state index in [1.165, 1.54) is 6.07 Å². The Morgan fingerprint density at radius 2 is 2.00 bits per heavy atom. The average Bonchev–Trinajstić information content (AvgIpc) is 3.10. The highest BCUT2D eigenvalue weighted by Crippen LogP contribution is 2.37. The van der Waals surface area contributed by atoms with Crippen LogP contribution in [0.2, 0.25) is 0 Å². The molecule has 1 aliphatic rings. The predicted octanol–water partition coefficient (Wildman–Crippen LogP) is 4.45. The van der Waals surface area contributed by atoms with Crippen molar-refractivity contribution >= 4 is 5.69 Å². The Morgan fingerprint density at radius 1 is 1.33 bits per heavy atom. The fraction of sp³-hybridized carbons (Fsp3) is 0.538. The van der Waals surface area contributed by atoms with Crippen LogP contribution < -0.4 is 5.32 Å². The van der Waals surface area contributed by atoms with Crippen LogP contribution in [0.15, 0.2) is 18.2 Å². The van der Waals surface area contributed by atoms with Gasteiger partial charge >= 0.3 is 6.18 Å². The van der Waals surface area contributed by atoms with Crippen LogP contribution in [0.3, 0.4) is 0 Å². The summed E-state index contributed by atoms with van der Waals surface area (Å²) in [6.07, 6.45) is -1.58. The van der Waals surface area contributed by atoms with Gasteiger partial charge in [0.2, 0.25) is 0 Å². The van der Waals surface area contributed by atoms with Crippen LogP contribution in [0.25, 0.3) is 0 Å². The molecule has 0 bridgehead atoms. The highest BCUT2D eigenvalue weighted by molar-refractivity contribution is 5.48. The lowest BCUT2D eigenvalue weighted by atomic mass is 10.1. The topological polar surface area (TPSA) is 12.0 Å². The molecule has 1 saturated carbocycles. The number of benzene rings is 1. The molecule has 0 radical (unpaired) electrons. The molecule has 1 atom stereocenters. The van der Waals surface area contributed by atoms with Gasteiger partial charge in [0.25, 0.3) is 0 Å². The van der Waals surface area contributed by atoms with Crippen molar-refractivity contribution in [2.45, 2.75) is 38.4 Å². The molecule has 0 saturated heterocycles. The van der Waals surface area contributed by atoms with Crippen molar-refractivity contribution in [2.24, 2.45) is 5.92 Å². The first-order valence-corrected chi connectivity index (χ1v) is 6.05. The van der Waals surface area contributed by atoms with Crippen molar-refractivity contribution in [3.63, 3.8) is 0 Å².